The van der Waals surface area contributed by atoms with Gasteiger partial charge in [0, 0.05) is 13.1 Å². The summed E-state index contributed by atoms with van der Waals surface area (Å²) in [6.07, 6.45) is 3.81. The largest absolute Gasteiger partial charge is 0.353 e. The van der Waals surface area contributed by atoms with Crippen molar-refractivity contribution in [1.82, 2.24) is 15.5 Å². The summed E-state index contributed by atoms with van der Waals surface area (Å²) >= 11 is 0. The zero-order chi connectivity index (χ0) is 12.5. The van der Waals surface area contributed by atoms with Crippen molar-refractivity contribution in [3.05, 3.63) is 0 Å². The van der Waals surface area contributed by atoms with E-state index in [1.807, 2.05) is 0 Å². The van der Waals surface area contributed by atoms with Gasteiger partial charge in [-0.3, -0.25) is 9.59 Å². The lowest BCUT2D eigenvalue weighted by atomic mass is 10.1. The zero-order valence-corrected chi connectivity index (χ0v) is 10.2. The number of likely N-dealkylation sites (tertiary alicyclic amines) is 1. The Morgan fingerprint density at radius 1 is 1.06 bits per heavy atom. The second kappa shape index (κ2) is 8.03. The summed E-state index contributed by atoms with van der Waals surface area (Å²) in [5, 5.41) is 5.20. The van der Waals surface area contributed by atoms with Crippen LogP contribution in [0.15, 0.2) is 0 Å². The maximum atomic E-state index is 11.3. The molecule has 1 aliphatic rings. The first-order valence-corrected chi connectivity index (χ1v) is 6.18. The Balaban J connectivity index is 2.01. The highest BCUT2D eigenvalue weighted by Gasteiger charge is 2.09. The van der Waals surface area contributed by atoms with Gasteiger partial charge in [-0.1, -0.05) is 6.42 Å². The molecule has 1 heterocycles. The molecule has 0 saturated carbocycles. The number of rotatable bonds is 6. The lowest BCUT2D eigenvalue weighted by Gasteiger charge is -2.26. The average Bonchev–Trinajstić information content (AvgIpc) is 2.37. The Kier molecular flexibility index (Phi) is 6.57. The molecule has 0 aliphatic carbocycles. The van der Waals surface area contributed by atoms with E-state index in [2.05, 4.69) is 15.5 Å². The maximum absolute atomic E-state index is 11.3. The lowest BCUT2D eigenvalue weighted by Crippen LogP contribution is -2.42. The Hall–Kier alpha value is -1.14. The van der Waals surface area contributed by atoms with E-state index in [1.165, 1.54) is 19.3 Å². The van der Waals surface area contributed by atoms with Gasteiger partial charge in [-0.15, -0.1) is 0 Å². The zero-order valence-electron chi connectivity index (χ0n) is 10.2. The van der Waals surface area contributed by atoms with Gasteiger partial charge in [0.05, 0.1) is 13.1 Å². The highest BCUT2D eigenvalue weighted by atomic mass is 16.2. The molecule has 0 atom stereocenters. The lowest BCUT2D eigenvalue weighted by molar-refractivity contribution is -0.125. The van der Waals surface area contributed by atoms with Crippen molar-refractivity contribution in [3.63, 3.8) is 0 Å². The van der Waals surface area contributed by atoms with Gasteiger partial charge in [-0.25, -0.2) is 0 Å². The summed E-state index contributed by atoms with van der Waals surface area (Å²) in [5.41, 5.74) is 5.11. The van der Waals surface area contributed by atoms with Crippen LogP contribution in [0.2, 0.25) is 0 Å². The number of nitrogens with one attached hydrogen (secondary N) is 2. The first-order valence-electron chi connectivity index (χ1n) is 6.18. The summed E-state index contributed by atoms with van der Waals surface area (Å²) in [4.78, 5) is 24.5. The molecule has 0 aromatic rings. The number of carbonyl (C=O) groups is 2. The Morgan fingerprint density at radius 3 is 2.41 bits per heavy atom. The van der Waals surface area contributed by atoms with E-state index in [9.17, 15) is 9.59 Å². The number of carbonyl (C=O) groups excluding carboxylic acids is 2. The Morgan fingerprint density at radius 2 is 1.76 bits per heavy atom. The van der Waals surface area contributed by atoms with E-state index in [1.54, 1.807) is 0 Å². The number of amides is 2. The van der Waals surface area contributed by atoms with Crippen LogP contribution >= 0.6 is 0 Å². The van der Waals surface area contributed by atoms with Gasteiger partial charge in [0.25, 0.3) is 0 Å². The van der Waals surface area contributed by atoms with Gasteiger partial charge in [0.2, 0.25) is 11.8 Å². The molecule has 1 rings (SSSR count). The molecule has 0 spiro atoms. The van der Waals surface area contributed by atoms with Crippen molar-refractivity contribution in [2.24, 2.45) is 5.73 Å². The first-order chi connectivity index (χ1) is 8.22. The molecule has 6 nitrogen and oxygen atoms in total. The SMILES string of the molecule is NCC(=O)NCC(=O)NCCN1CCCCC1. The van der Waals surface area contributed by atoms with E-state index in [4.69, 9.17) is 5.73 Å². The number of piperidine rings is 1. The molecule has 0 bridgehead atoms. The Bertz CT molecular complexity index is 252. The summed E-state index contributed by atoms with van der Waals surface area (Å²) < 4.78 is 0. The summed E-state index contributed by atoms with van der Waals surface area (Å²) in [6, 6.07) is 0. The van der Waals surface area contributed by atoms with Crippen LogP contribution in [0.1, 0.15) is 19.3 Å². The van der Waals surface area contributed by atoms with E-state index < -0.39 is 0 Å². The second-order valence-corrected chi connectivity index (χ2v) is 4.23. The fourth-order valence-electron chi connectivity index (χ4n) is 1.85. The van der Waals surface area contributed by atoms with E-state index in [-0.39, 0.29) is 24.9 Å². The van der Waals surface area contributed by atoms with Crippen molar-refractivity contribution in [2.45, 2.75) is 19.3 Å². The van der Waals surface area contributed by atoms with Gasteiger partial charge in [-0.05, 0) is 25.9 Å². The standard InChI is InChI=1S/C11H22N4O2/c12-8-10(16)14-9-11(17)13-4-7-15-5-2-1-3-6-15/h1-9,12H2,(H,13,17)(H,14,16). The number of nitrogens with zero attached hydrogens (tertiary/aromatic N) is 1. The molecule has 0 radical (unpaired) electrons. The molecule has 4 N–H and O–H groups in total. The smallest absolute Gasteiger partial charge is 0.239 e. The third-order valence-electron chi connectivity index (χ3n) is 2.83. The van der Waals surface area contributed by atoms with Crippen LogP contribution in [0.5, 0.6) is 0 Å². The summed E-state index contributed by atoms with van der Waals surface area (Å²) in [7, 11) is 0. The van der Waals surface area contributed by atoms with Crippen LogP contribution in [-0.2, 0) is 9.59 Å². The van der Waals surface area contributed by atoms with Crippen LogP contribution in [0, 0.1) is 0 Å². The minimum atomic E-state index is -0.309. The molecule has 0 aromatic carbocycles. The van der Waals surface area contributed by atoms with Crippen LogP contribution in [-0.4, -0.2) is 56.0 Å². The second-order valence-electron chi connectivity index (χ2n) is 4.23. The van der Waals surface area contributed by atoms with E-state index in [0.717, 1.165) is 19.6 Å². The van der Waals surface area contributed by atoms with Crippen molar-refractivity contribution < 1.29 is 9.59 Å². The van der Waals surface area contributed by atoms with Gasteiger partial charge >= 0.3 is 0 Å². The predicted octanol–water partition coefficient (Wildman–Crippen LogP) is -1.34. The molecular weight excluding hydrogens is 220 g/mol. The molecule has 2 amide bonds. The average molecular weight is 242 g/mol. The van der Waals surface area contributed by atoms with Crippen molar-refractivity contribution in [2.75, 3.05) is 39.3 Å². The number of hydrogen-bond donors (Lipinski definition) is 3. The molecule has 1 aliphatic heterocycles. The Labute approximate surface area is 102 Å². The molecule has 0 aromatic heterocycles. The normalized spacial score (nSPS) is 16.5. The monoisotopic (exact) mass is 242 g/mol. The summed E-state index contributed by atoms with van der Waals surface area (Å²) in [5.74, 6) is -0.472. The molecule has 1 saturated heterocycles. The van der Waals surface area contributed by atoms with Crippen LogP contribution in [0.4, 0.5) is 0 Å². The van der Waals surface area contributed by atoms with Gasteiger partial charge in [0.1, 0.15) is 0 Å². The van der Waals surface area contributed by atoms with Gasteiger partial charge in [-0.2, -0.15) is 0 Å². The minimum Gasteiger partial charge on any atom is -0.353 e. The highest BCUT2D eigenvalue weighted by Crippen LogP contribution is 2.07. The third kappa shape index (κ3) is 6.23. The molecule has 6 heteroatoms. The van der Waals surface area contributed by atoms with E-state index in [0.29, 0.717) is 6.54 Å². The van der Waals surface area contributed by atoms with Crippen molar-refractivity contribution in [3.8, 4) is 0 Å². The maximum Gasteiger partial charge on any atom is 0.239 e. The van der Waals surface area contributed by atoms with Gasteiger partial charge < -0.3 is 21.3 Å². The molecule has 0 unspecified atom stereocenters. The van der Waals surface area contributed by atoms with Crippen molar-refractivity contribution in [1.29, 1.82) is 0 Å². The summed E-state index contributed by atoms with van der Waals surface area (Å²) in [6.45, 7) is 3.70. The van der Waals surface area contributed by atoms with E-state index >= 15 is 0 Å². The fourth-order valence-corrected chi connectivity index (χ4v) is 1.85. The third-order valence-corrected chi connectivity index (χ3v) is 2.83. The molecule has 17 heavy (non-hydrogen) atoms. The number of nitrogens with two attached hydrogens (primary N) is 1. The van der Waals surface area contributed by atoms with Crippen LogP contribution in [0.3, 0.4) is 0 Å². The molecule has 1 fully saturated rings. The van der Waals surface area contributed by atoms with Crippen LogP contribution < -0.4 is 16.4 Å². The number of hydrogen-bond acceptors (Lipinski definition) is 4. The van der Waals surface area contributed by atoms with Crippen molar-refractivity contribution >= 4 is 11.8 Å². The van der Waals surface area contributed by atoms with Crippen LogP contribution in [0.25, 0.3) is 0 Å². The molecule has 98 valence electrons. The fraction of sp³-hybridized carbons (Fsp3) is 0.818. The first kappa shape index (κ1) is 13.9. The molecular formula is C11H22N4O2. The minimum absolute atomic E-state index is 0.00995. The topological polar surface area (TPSA) is 87.5 Å². The highest BCUT2D eigenvalue weighted by molar-refractivity contribution is 5.85. The predicted molar refractivity (Wildman–Crippen MR) is 65.4 cm³/mol. The van der Waals surface area contributed by atoms with Gasteiger partial charge in [0.15, 0.2) is 0 Å². The quantitative estimate of drug-likeness (QED) is 0.538.